The molecule has 0 bridgehead atoms. The number of rotatable bonds is 3. The maximum absolute atomic E-state index is 12.5. The first kappa shape index (κ1) is 18.8. The standard InChI is InChI=1S/C21H22N4O4/c1-4-25-13(3)22-15-11-14(9-10-16(15)25)20(26)23-24-21(27)19-12(2)28-17-7-5-6-8-18(17)29-19/h5-12,19H,4H2,1-3H3,(H,23,26)(H,24,27)/t12-,19-/m0/s1. The van der Waals surface area contributed by atoms with E-state index >= 15 is 0 Å². The number of benzene rings is 2. The van der Waals surface area contributed by atoms with E-state index in [0.717, 1.165) is 23.4 Å². The highest BCUT2D eigenvalue weighted by molar-refractivity contribution is 5.98. The van der Waals surface area contributed by atoms with E-state index in [9.17, 15) is 9.59 Å². The Balaban J connectivity index is 1.43. The largest absolute Gasteiger partial charge is 0.482 e. The molecule has 1 aromatic heterocycles. The molecule has 0 spiro atoms. The van der Waals surface area contributed by atoms with Crippen LogP contribution in [-0.4, -0.2) is 33.6 Å². The van der Waals surface area contributed by atoms with Gasteiger partial charge < -0.3 is 14.0 Å². The molecule has 0 unspecified atom stereocenters. The zero-order valence-electron chi connectivity index (χ0n) is 16.4. The van der Waals surface area contributed by atoms with Crippen molar-refractivity contribution >= 4 is 22.8 Å². The van der Waals surface area contributed by atoms with Gasteiger partial charge in [-0.1, -0.05) is 12.1 Å². The van der Waals surface area contributed by atoms with Crippen molar-refractivity contribution in [2.45, 2.75) is 39.5 Å². The second-order valence-electron chi connectivity index (χ2n) is 6.86. The molecule has 8 nitrogen and oxygen atoms in total. The average molecular weight is 394 g/mol. The molecule has 1 aliphatic heterocycles. The Morgan fingerprint density at radius 2 is 1.83 bits per heavy atom. The molecule has 2 heterocycles. The zero-order valence-corrected chi connectivity index (χ0v) is 16.4. The molecule has 150 valence electrons. The number of nitrogens with zero attached hydrogens (tertiary/aromatic N) is 2. The smallest absolute Gasteiger partial charge is 0.283 e. The SMILES string of the molecule is CCn1c(C)nc2cc(C(=O)NNC(=O)[C@H]3Oc4ccccc4O[C@H]3C)ccc21. The molecule has 2 amide bonds. The molecule has 1 aliphatic rings. The predicted molar refractivity (Wildman–Crippen MR) is 107 cm³/mol. The van der Waals surface area contributed by atoms with Gasteiger partial charge in [-0.3, -0.25) is 20.4 Å². The predicted octanol–water partition coefficient (Wildman–Crippen LogP) is 2.35. The molecule has 3 aromatic rings. The van der Waals surface area contributed by atoms with Gasteiger partial charge in [0.25, 0.3) is 11.8 Å². The molecule has 29 heavy (non-hydrogen) atoms. The number of amides is 2. The van der Waals surface area contributed by atoms with Gasteiger partial charge in [-0.05, 0) is 51.1 Å². The Kier molecular flexibility index (Phi) is 4.84. The Labute approximate surface area is 167 Å². The maximum atomic E-state index is 12.5. The molecule has 0 radical (unpaired) electrons. The summed E-state index contributed by atoms with van der Waals surface area (Å²) >= 11 is 0. The van der Waals surface area contributed by atoms with Gasteiger partial charge in [0.1, 0.15) is 11.9 Å². The summed E-state index contributed by atoms with van der Waals surface area (Å²) in [6.07, 6.45) is -1.38. The summed E-state index contributed by atoms with van der Waals surface area (Å²) in [6, 6.07) is 12.4. The number of aryl methyl sites for hydroxylation is 2. The van der Waals surface area contributed by atoms with Crippen molar-refractivity contribution in [3.63, 3.8) is 0 Å². The highest BCUT2D eigenvalue weighted by Gasteiger charge is 2.34. The van der Waals surface area contributed by atoms with Gasteiger partial charge in [0.2, 0.25) is 6.10 Å². The Morgan fingerprint density at radius 3 is 2.55 bits per heavy atom. The molecular formula is C21H22N4O4. The van der Waals surface area contributed by atoms with E-state index < -0.39 is 24.0 Å². The van der Waals surface area contributed by atoms with Crippen molar-refractivity contribution in [3.8, 4) is 11.5 Å². The van der Waals surface area contributed by atoms with Crippen LogP contribution in [0.1, 0.15) is 30.0 Å². The van der Waals surface area contributed by atoms with Gasteiger partial charge in [-0.2, -0.15) is 0 Å². The molecule has 0 saturated carbocycles. The number of imidazole rings is 1. The first-order valence-corrected chi connectivity index (χ1v) is 9.47. The topological polar surface area (TPSA) is 94.5 Å². The minimum absolute atomic E-state index is 0.401. The number of hydrogen-bond donors (Lipinski definition) is 2. The van der Waals surface area contributed by atoms with E-state index in [1.54, 1.807) is 37.3 Å². The minimum Gasteiger partial charge on any atom is -0.482 e. The molecule has 4 rings (SSSR count). The number of aromatic nitrogens is 2. The number of nitrogens with one attached hydrogen (secondary N) is 2. The first-order valence-electron chi connectivity index (χ1n) is 9.47. The first-order chi connectivity index (χ1) is 14.0. The normalized spacial score (nSPS) is 17.8. The van der Waals surface area contributed by atoms with E-state index in [-0.39, 0.29) is 0 Å². The number of carbonyl (C=O) groups excluding carboxylic acids is 2. The van der Waals surface area contributed by atoms with Crippen LogP contribution in [0.2, 0.25) is 0 Å². The number of carbonyl (C=O) groups is 2. The van der Waals surface area contributed by atoms with E-state index in [2.05, 4.69) is 20.4 Å². The molecule has 0 saturated heterocycles. The number of hydrogen-bond acceptors (Lipinski definition) is 5. The van der Waals surface area contributed by atoms with Gasteiger partial charge in [-0.15, -0.1) is 0 Å². The third-order valence-electron chi connectivity index (χ3n) is 4.92. The number of ether oxygens (including phenoxy) is 2. The fourth-order valence-corrected chi connectivity index (χ4v) is 3.46. The van der Waals surface area contributed by atoms with Crippen LogP contribution in [0.4, 0.5) is 0 Å². The lowest BCUT2D eigenvalue weighted by Crippen LogP contribution is -2.53. The fraction of sp³-hybridized carbons (Fsp3) is 0.286. The van der Waals surface area contributed by atoms with E-state index in [1.165, 1.54) is 0 Å². The van der Waals surface area contributed by atoms with Crippen molar-refractivity contribution in [1.82, 2.24) is 20.4 Å². The lowest BCUT2D eigenvalue weighted by molar-refractivity contribution is -0.134. The van der Waals surface area contributed by atoms with Crippen LogP contribution >= 0.6 is 0 Å². The van der Waals surface area contributed by atoms with Crippen molar-refractivity contribution in [3.05, 3.63) is 53.9 Å². The average Bonchev–Trinajstić information content (AvgIpc) is 3.05. The summed E-state index contributed by atoms with van der Waals surface area (Å²) in [4.78, 5) is 29.5. The Bertz CT molecular complexity index is 1090. The van der Waals surface area contributed by atoms with Gasteiger partial charge in [0.05, 0.1) is 11.0 Å². The molecule has 2 atom stereocenters. The highest BCUT2D eigenvalue weighted by Crippen LogP contribution is 2.33. The third kappa shape index (κ3) is 3.49. The van der Waals surface area contributed by atoms with Crippen molar-refractivity contribution in [1.29, 1.82) is 0 Å². The summed E-state index contributed by atoms with van der Waals surface area (Å²) in [5, 5.41) is 0. The third-order valence-corrected chi connectivity index (χ3v) is 4.92. The highest BCUT2D eigenvalue weighted by atomic mass is 16.6. The summed E-state index contributed by atoms with van der Waals surface area (Å²) < 4.78 is 13.5. The Morgan fingerprint density at radius 1 is 1.10 bits per heavy atom. The quantitative estimate of drug-likeness (QED) is 0.665. The molecular weight excluding hydrogens is 372 g/mol. The molecule has 0 aliphatic carbocycles. The number of fused-ring (bicyclic) bond motifs is 2. The fourth-order valence-electron chi connectivity index (χ4n) is 3.46. The number of hydrazine groups is 1. The van der Waals surface area contributed by atoms with Crippen LogP contribution in [0, 0.1) is 6.92 Å². The molecule has 8 heteroatoms. The minimum atomic E-state index is -0.879. The van der Waals surface area contributed by atoms with Crippen LogP contribution in [-0.2, 0) is 11.3 Å². The van der Waals surface area contributed by atoms with Crippen LogP contribution < -0.4 is 20.3 Å². The van der Waals surface area contributed by atoms with Crippen molar-refractivity contribution in [2.75, 3.05) is 0 Å². The monoisotopic (exact) mass is 394 g/mol. The lowest BCUT2D eigenvalue weighted by atomic mass is 10.1. The molecule has 0 fully saturated rings. The lowest BCUT2D eigenvalue weighted by Gasteiger charge is -2.30. The number of para-hydroxylation sites is 2. The summed E-state index contributed by atoms with van der Waals surface area (Å²) in [5.74, 6) is 1.03. The van der Waals surface area contributed by atoms with Crippen LogP contribution in [0.3, 0.4) is 0 Å². The summed E-state index contributed by atoms with van der Waals surface area (Å²) in [7, 11) is 0. The van der Waals surface area contributed by atoms with E-state index in [4.69, 9.17) is 9.47 Å². The van der Waals surface area contributed by atoms with Gasteiger partial charge >= 0.3 is 0 Å². The second kappa shape index (κ2) is 7.46. The van der Waals surface area contributed by atoms with Crippen molar-refractivity contribution < 1.29 is 19.1 Å². The van der Waals surface area contributed by atoms with E-state index in [1.807, 2.05) is 26.0 Å². The van der Waals surface area contributed by atoms with E-state index in [0.29, 0.717) is 17.1 Å². The van der Waals surface area contributed by atoms with Gasteiger partial charge in [0, 0.05) is 12.1 Å². The second-order valence-corrected chi connectivity index (χ2v) is 6.86. The van der Waals surface area contributed by atoms with Crippen LogP contribution in [0.25, 0.3) is 11.0 Å². The molecule has 2 aromatic carbocycles. The zero-order chi connectivity index (χ0) is 20.5. The van der Waals surface area contributed by atoms with Gasteiger partial charge in [-0.25, -0.2) is 4.98 Å². The van der Waals surface area contributed by atoms with Crippen LogP contribution in [0.5, 0.6) is 11.5 Å². The summed E-state index contributed by atoms with van der Waals surface area (Å²) in [5.41, 5.74) is 6.95. The molecule has 2 N–H and O–H groups in total. The van der Waals surface area contributed by atoms with Gasteiger partial charge in [0.15, 0.2) is 11.5 Å². The maximum Gasteiger partial charge on any atom is 0.283 e. The van der Waals surface area contributed by atoms with Crippen molar-refractivity contribution in [2.24, 2.45) is 0 Å². The summed E-state index contributed by atoms with van der Waals surface area (Å²) in [6.45, 7) is 6.51. The Hall–Kier alpha value is -3.55. The van der Waals surface area contributed by atoms with Crippen LogP contribution in [0.15, 0.2) is 42.5 Å².